The molecule has 1 saturated heterocycles. The van der Waals surface area contributed by atoms with Gasteiger partial charge in [0.05, 0.1) is 12.6 Å². The maximum atomic E-state index is 5.66. The molecule has 4 heteroatoms. The summed E-state index contributed by atoms with van der Waals surface area (Å²) in [4.78, 5) is 4.13. The number of hydrogen-bond acceptors (Lipinski definition) is 2. The highest BCUT2D eigenvalue weighted by atomic mass is 16.5. The molecule has 0 aromatic heterocycles. The van der Waals surface area contributed by atoms with E-state index in [2.05, 4.69) is 16.9 Å². The highest BCUT2D eigenvalue weighted by Crippen LogP contribution is 2.14. The van der Waals surface area contributed by atoms with Crippen LogP contribution >= 0.6 is 0 Å². The fourth-order valence-corrected chi connectivity index (χ4v) is 1.51. The van der Waals surface area contributed by atoms with Gasteiger partial charge in [0.1, 0.15) is 0 Å². The first-order valence-corrected chi connectivity index (χ1v) is 5.48. The summed E-state index contributed by atoms with van der Waals surface area (Å²) in [6.45, 7) is 8.03. The van der Waals surface area contributed by atoms with Gasteiger partial charge in [0.15, 0.2) is 5.96 Å². The quantitative estimate of drug-likeness (QED) is 0.406. The van der Waals surface area contributed by atoms with Crippen molar-refractivity contribution in [1.82, 2.24) is 5.32 Å². The van der Waals surface area contributed by atoms with E-state index in [4.69, 9.17) is 10.5 Å². The average molecular weight is 211 g/mol. The van der Waals surface area contributed by atoms with Gasteiger partial charge in [-0.05, 0) is 26.2 Å². The van der Waals surface area contributed by atoms with E-state index in [0.29, 0.717) is 18.6 Å². The van der Waals surface area contributed by atoms with Gasteiger partial charge >= 0.3 is 0 Å². The second-order valence-electron chi connectivity index (χ2n) is 4.01. The van der Waals surface area contributed by atoms with Crippen LogP contribution in [0.3, 0.4) is 0 Å². The Morgan fingerprint density at radius 3 is 3.07 bits per heavy atom. The van der Waals surface area contributed by atoms with Gasteiger partial charge in [-0.25, -0.2) is 4.99 Å². The molecule has 0 aromatic carbocycles. The predicted octanol–water partition coefficient (Wildman–Crippen LogP) is 1.04. The summed E-state index contributed by atoms with van der Waals surface area (Å²) in [6.07, 6.45) is 3.77. The van der Waals surface area contributed by atoms with E-state index < -0.39 is 0 Å². The van der Waals surface area contributed by atoms with Gasteiger partial charge < -0.3 is 15.8 Å². The van der Waals surface area contributed by atoms with Gasteiger partial charge in [0.2, 0.25) is 0 Å². The molecule has 1 fully saturated rings. The Labute approximate surface area is 91.6 Å². The molecule has 86 valence electrons. The second-order valence-corrected chi connectivity index (χ2v) is 4.01. The Kier molecular flexibility index (Phi) is 5.18. The molecule has 0 spiro atoms. The molecule has 1 aliphatic rings. The summed E-state index contributed by atoms with van der Waals surface area (Å²) in [7, 11) is 0. The van der Waals surface area contributed by atoms with Crippen LogP contribution in [0, 0.1) is 0 Å². The van der Waals surface area contributed by atoms with Crippen LogP contribution in [0.5, 0.6) is 0 Å². The molecule has 4 nitrogen and oxygen atoms in total. The molecule has 1 atom stereocenters. The Morgan fingerprint density at radius 2 is 2.47 bits per heavy atom. The van der Waals surface area contributed by atoms with Crippen LogP contribution in [0.1, 0.15) is 26.2 Å². The molecule has 15 heavy (non-hydrogen) atoms. The van der Waals surface area contributed by atoms with Gasteiger partial charge in [-0.1, -0.05) is 12.2 Å². The topological polar surface area (TPSA) is 59.6 Å². The number of ether oxygens (including phenoxy) is 1. The van der Waals surface area contributed by atoms with Crippen molar-refractivity contribution in [3.8, 4) is 0 Å². The van der Waals surface area contributed by atoms with Gasteiger partial charge in [-0.2, -0.15) is 0 Å². The zero-order chi connectivity index (χ0) is 11.1. The van der Waals surface area contributed by atoms with E-state index in [-0.39, 0.29) is 0 Å². The second kappa shape index (κ2) is 6.45. The van der Waals surface area contributed by atoms with Crippen molar-refractivity contribution < 1.29 is 4.74 Å². The van der Waals surface area contributed by atoms with Crippen LogP contribution in [-0.4, -0.2) is 31.8 Å². The fourth-order valence-electron chi connectivity index (χ4n) is 1.51. The molecule has 1 heterocycles. The summed E-state index contributed by atoms with van der Waals surface area (Å²) >= 11 is 0. The maximum absolute atomic E-state index is 5.66. The summed E-state index contributed by atoms with van der Waals surface area (Å²) in [5, 5.41) is 3.07. The molecule has 1 rings (SSSR count). The van der Waals surface area contributed by atoms with Crippen LogP contribution in [0.2, 0.25) is 0 Å². The highest BCUT2D eigenvalue weighted by Gasteiger charge is 2.14. The Hall–Kier alpha value is -1.03. The highest BCUT2D eigenvalue weighted by molar-refractivity contribution is 5.77. The first kappa shape index (κ1) is 12.0. The van der Waals surface area contributed by atoms with Gasteiger partial charge in [0.25, 0.3) is 0 Å². The number of guanidine groups is 1. The first-order chi connectivity index (χ1) is 7.18. The lowest BCUT2D eigenvalue weighted by Crippen LogP contribution is -2.34. The van der Waals surface area contributed by atoms with Crippen molar-refractivity contribution in [3.63, 3.8) is 0 Å². The molecule has 0 aliphatic carbocycles. The third kappa shape index (κ3) is 5.42. The number of nitrogens with two attached hydrogens (primary N) is 1. The summed E-state index contributed by atoms with van der Waals surface area (Å²) < 4.78 is 5.50. The lowest BCUT2D eigenvalue weighted by Gasteiger charge is -2.10. The molecule has 0 radical (unpaired) electrons. The Bertz CT molecular complexity index is 232. The lowest BCUT2D eigenvalue weighted by atomic mass is 10.2. The average Bonchev–Trinajstić information content (AvgIpc) is 2.67. The summed E-state index contributed by atoms with van der Waals surface area (Å²) in [5.41, 5.74) is 6.68. The van der Waals surface area contributed by atoms with Crippen molar-refractivity contribution in [2.45, 2.75) is 32.3 Å². The minimum Gasteiger partial charge on any atom is -0.378 e. The fraction of sp³-hybridized carbons (Fsp3) is 0.727. The van der Waals surface area contributed by atoms with Crippen molar-refractivity contribution in [2.24, 2.45) is 10.7 Å². The zero-order valence-electron chi connectivity index (χ0n) is 9.46. The minimum absolute atomic E-state index is 0.409. The number of rotatable bonds is 5. The number of hydrogen-bond donors (Lipinski definition) is 2. The predicted molar refractivity (Wildman–Crippen MR) is 62.9 cm³/mol. The molecular formula is C11H21N3O. The van der Waals surface area contributed by atoms with E-state index in [9.17, 15) is 0 Å². The van der Waals surface area contributed by atoms with E-state index in [1.807, 2.05) is 6.92 Å². The van der Waals surface area contributed by atoms with E-state index >= 15 is 0 Å². The van der Waals surface area contributed by atoms with Crippen molar-refractivity contribution in [3.05, 3.63) is 12.2 Å². The molecule has 0 aromatic rings. The van der Waals surface area contributed by atoms with E-state index in [1.165, 1.54) is 12.8 Å². The number of nitrogens with one attached hydrogen (secondary N) is 1. The van der Waals surface area contributed by atoms with Crippen molar-refractivity contribution >= 4 is 5.96 Å². The molecule has 1 unspecified atom stereocenters. The molecule has 3 N–H and O–H groups in total. The molecule has 1 aliphatic heterocycles. The zero-order valence-corrected chi connectivity index (χ0v) is 9.46. The summed E-state index contributed by atoms with van der Waals surface area (Å²) in [6, 6.07) is 0. The normalized spacial score (nSPS) is 21.7. The monoisotopic (exact) mass is 211 g/mol. The van der Waals surface area contributed by atoms with Crippen LogP contribution in [0.15, 0.2) is 17.1 Å². The standard InChI is InChI=1S/C11H21N3O/c1-9(2)8-14-11(12)13-6-5-10-4-3-7-15-10/h10H,1,3-8H2,2H3,(H3,12,13,14). The molecule has 0 saturated carbocycles. The first-order valence-electron chi connectivity index (χ1n) is 5.48. The van der Waals surface area contributed by atoms with Gasteiger partial charge in [-0.3, -0.25) is 0 Å². The third-order valence-corrected chi connectivity index (χ3v) is 2.32. The van der Waals surface area contributed by atoms with Crippen LogP contribution in [-0.2, 0) is 4.74 Å². The van der Waals surface area contributed by atoms with Crippen LogP contribution in [0.4, 0.5) is 0 Å². The SMILES string of the molecule is C=C(C)CN=C(N)NCCC1CCCO1. The molecule has 0 amide bonds. The lowest BCUT2D eigenvalue weighted by molar-refractivity contribution is 0.105. The smallest absolute Gasteiger partial charge is 0.188 e. The van der Waals surface area contributed by atoms with Crippen molar-refractivity contribution in [2.75, 3.05) is 19.7 Å². The van der Waals surface area contributed by atoms with Gasteiger partial charge in [0, 0.05) is 13.2 Å². The van der Waals surface area contributed by atoms with Crippen molar-refractivity contribution in [1.29, 1.82) is 0 Å². The van der Waals surface area contributed by atoms with Gasteiger partial charge in [-0.15, -0.1) is 0 Å². The van der Waals surface area contributed by atoms with E-state index in [1.54, 1.807) is 0 Å². The largest absolute Gasteiger partial charge is 0.378 e. The minimum atomic E-state index is 0.409. The number of aliphatic imine (C=N–C) groups is 1. The van der Waals surface area contributed by atoms with Crippen LogP contribution in [0.25, 0.3) is 0 Å². The van der Waals surface area contributed by atoms with E-state index in [0.717, 1.165) is 25.1 Å². The van der Waals surface area contributed by atoms with Crippen LogP contribution < -0.4 is 11.1 Å². The maximum Gasteiger partial charge on any atom is 0.188 e. The Balaban J connectivity index is 2.07. The number of nitrogens with zero attached hydrogens (tertiary/aromatic N) is 1. The Morgan fingerprint density at radius 1 is 1.67 bits per heavy atom. The summed E-state index contributed by atoms with van der Waals surface area (Å²) in [5.74, 6) is 0.496. The molecular weight excluding hydrogens is 190 g/mol. The molecule has 0 bridgehead atoms. The third-order valence-electron chi connectivity index (χ3n) is 2.32.